The molecule has 0 bridgehead atoms. The molecule has 0 atom stereocenters. The van der Waals surface area contributed by atoms with Gasteiger partial charge in [0, 0.05) is 29.7 Å². The lowest BCUT2D eigenvalue weighted by molar-refractivity contribution is -0.384. The molecule has 2 heterocycles. The summed E-state index contributed by atoms with van der Waals surface area (Å²) in [5.74, 6) is -0.290. The number of nitrogens with zero attached hydrogens (tertiary/aromatic N) is 4. The second-order valence-electron chi connectivity index (χ2n) is 6.54. The molecule has 1 aromatic heterocycles. The molecule has 4 rings (SSSR count). The summed E-state index contributed by atoms with van der Waals surface area (Å²) < 4.78 is 1.83. The minimum atomic E-state index is -0.447. The van der Waals surface area contributed by atoms with Gasteiger partial charge in [-0.05, 0) is 55.5 Å². The Morgan fingerprint density at radius 1 is 1.03 bits per heavy atom. The second-order valence-corrected chi connectivity index (χ2v) is 7.35. The van der Waals surface area contributed by atoms with Gasteiger partial charge in [-0.1, -0.05) is 23.2 Å². The molecule has 0 spiro atoms. The number of carbonyl (C=O) groups is 1. The monoisotopic (exact) mass is 440 g/mol. The highest BCUT2D eigenvalue weighted by Gasteiger charge is 2.29. The fourth-order valence-electron chi connectivity index (χ4n) is 3.11. The zero-order chi connectivity index (χ0) is 21.4. The predicted molar refractivity (Wildman–Crippen MR) is 117 cm³/mol. The third-order valence-corrected chi connectivity index (χ3v) is 5.36. The third-order valence-electron chi connectivity index (χ3n) is 4.62. The van der Waals surface area contributed by atoms with E-state index in [1.807, 2.05) is 22.9 Å². The molecular weight excluding hydrogens is 427 g/mol. The van der Waals surface area contributed by atoms with Gasteiger partial charge in [0.1, 0.15) is 0 Å². The molecule has 1 aliphatic heterocycles. The molecule has 9 heteroatoms. The number of nitro groups is 1. The van der Waals surface area contributed by atoms with Crippen LogP contribution < -0.4 is 5.01 Å². The maximum Gasteiger partial charge on any atom is 0.280 e. The van der Waals surface area contributed by atoms with E-state index in [0.29, 0.717) is 27.0 Å². The van der Waals surface area contributed by atoms with E-state index >= 15 is 0 Å². The van der Waals surface area contributed by atoms with Crippen molar-refractivity contribution >= 4 is 52.3 Å². The van der Waals surface area contributed by atoms with Crippen molar-refractivity contribution in [1.29, 1.82) is 0 Å². The summed E-state index contributed by atoms with van der Waals surface area (Å²) in [4.78, 5) is 23.4. The standard InChI is InChI=1S/C21H14Cl2N4O3/c1-13-18(21(28)26(24-13)17-8-9-19(22)20(23)12-17)11-16-3-2-10-25(16)14-4-6-15(7-5-14)27(29)30/h2-12H,1H3/b18-11-. The number of non-ortho nitro benzene ring substituents is 1. The van der Waals surface area contributed by atoms with Gasteiger partial charge in [-0.2, -0.15) is 10.1 Å². The zero-order valence-corrected chi connectivity index (χ0v) is 17.1. The van der Waals surface area contributed by atoms with Crippen LogP contribution in [0, 0.1) is 10.1 Å². The maximum atomic E-state index is 13.0. The van der Waals surface area contributed by atoms with Crippen LogP contribution in [0.15, 0.2) is 71.5 Å². The summed E-state index contributed by atoms with van der Waals surface area (Å²) in [6.45, 7) is 1.75. The zero-order valence-electron chi connectivity index (χ0n) is 15.6. The molecule has 0 unspecified atom stereocenters. The van der Waals surface area contributed by atoms with E-state index in [2.05, 4.69) is 5.10 Å². The Labute approximate surface area is 181 Å². The van der Waals surface area contributed by atoms with Gasteiger partial charge in [0.05, 0.1) is 31.9 Å². The van der Waals surface area contributed by atoms with Crippen LogP contribution in [0.4, 0.5) is 11.4 Å². The van der Waals surface area contributed by atoms with E-state index in [1.165, 1.54) is 17.1 Å². The molecule has 150 valence electrons. The first-order valence-corrected chi connectivity index (χ1v) is 9.60. The molecule has 30 heavy (non-hydrogen) atoms. The van der Waals surface area contributed by atoms with Gasteiger partial charge in [-0.3, -0.25) is 14.9 Å². The summed E-state index contributed by atoms with van der Waals surface area (Å²) in [5, 5.41) is 17.2. The molecule has 2 aromatic carbocycles. The topological polar surface area (TPSA) is 80.7 Å². The molecule has 1 amide bonds. The van der Waals surface area contributed by atoms with Gasteiger partial charge in [-0.15, -0.1) is 0 Å². The molecule has 0 saturated heterocycles. The molecule has 0 aliphatic carbocycles. The predicted octanol–water partition coefficient (Wildman–Crippen LogP) is 5.50. The van der Waals surface area contributed by atoms with Crippen LogP contribution in [0.3, 0.4) is 0 Å². The first-order valence-electron chi connectivity index (χ1n) is 8.84. The van der Waals surface area contributed by atoms with Crippen LogP contribution >= 0.6 is 23.2 Å². The van der Waals surface area contributed by atoms with Crippen LogP contribution in [-0.4, -0.2) is 21.1 Å². The second kappa shape index (κ2) is 7.78. The Bertz CT molecular complexity index is 1230. The Hall–Kier alpha value is -3.42. The number of anilines is 1. The number of nitro benzene ring substituents is 1. The summed E-state index contributed by atoms with van der Waals surface area (Å²) >= 11 is 12.0. The van der Waals surface area contributed by atoms with Crippen molar-refractivity contribution < 1.29 is 9.72 Å². The van der Waals surface area contributed by atoms with E-state index in [4.69, 9.17) is 23.2 Å². The number of amides is 1. The molecule has 0 saturated carbocycles. The highest BCUT2D eigenvalue weighted by molar-refractivity contribution is 6.42. The van der Waals surface area contributed by atoms with Gasteiger partial charge in [-0.25, -0.2) is 0 Å². The number of aromatic nitrogens is 1. The van der Waals surface area contributed by atoms with Crippen molar-refractivity contribution in [3.63, 3.8) is 0 Å². The van der Waals surface area contributed by atoms with E-state index < -0.39 is 4.92 Å². The minimum Gasteiger partial charge on any atom is -0.317 e. The average molecular weight is 441 g/mol. The average Bonchev–Trinajstić information content (AvgIpc) is 3.30. The molecule has 3 aromatic rings. The van der Waals surface area contributed by atoms with Crippen LogP contribution in [0.1, 0.15) is 12.6 Å². The fourth-order valence-corrected chi connectivity index (χ4v) is 3.40. The molecule has 1 aliphatic rings. The Kier molecular flexibility index (Phi) is 5.15. The van der Waals surface area contributed by atoms with Crippen molar-refractivity contribution in [2.75, 3.05) is 5.01 Å². The van der Waals surface area contributed by atoms with E-state index in [1.54, 1.807) is 43.3 Å². The van der Waals surface area contributed by atoms with Gasteiger partial charge >= 0.3 is 0 Å². The van der Waals surface area contributed by atoms with Crippen molar-refractivity contribution in [1.82, 2.24) is 4.57 Å². The molecule has 0 N–H and O–H groups in total. The van der Waals surface area contributed by atoms with Crippen molar-refractivity contribution in [2.45, 2.75) is 6.92 Å². The van der Waals surface area contributed by atoms with E-state index in [-0.39, 0.29) is 11.6 Å². The number of benzene rings is 2. The Morgan fingerprint density at radius 3 is 2.40 bits per heavy atom. The lowest BCUT2D eigenvalue weighted by Crippen LogP contribution is -2.21. The highest BCUT2D eigenvalue weighted by atomic mass is 35.5. The Morgan fingerprint density at radius 2 is 1.73 bits per heavy atom. The van der Waals surface area contributed by atoms with Crippen LogP contribution in [0.25, 0.3) is 11.8 Å². The van der Waals surface area contributed by atoms with Gasteiger partial charge in [0.25, 0.3) is 11.6 Å². The van der Waals surface area contributed by atoms with Crippen LogP contribution in [0.5, 0.6) is 0 Å². The van der Waals surface area contributed by atoms with Crippen LogP contribution in [-0.2, 0) is 4.79 Å². The normalized spacial score (nSPS) is 15.0. The molecule has 7 nitrogen and oxygen atoms in total. The van der Waals surface area contributed by atoms with Gasteiger partial charge in [0.2, 0.25) is 0 Å². The van der Waals surface area contributed by atoms with Gasteiger partial charge in [0.15, 0.2) is 0 Å². The SMILES string of the molecule is CC1=NN(c2ccc(Cl)c(Cl)c2)C(=O)/C1=C\c1cccn1-c1ccc([N+](=O)[O-])cc1. The van der Waals surface area contributed by atoms with Crippen LogP contribution in [0.2, 0.25) is 10.0 Å². The third kappa shape index (κ3) is 3.60. The minimum absolute atomic E-state index is 0.0111. The first-order chi connectivity index (χ1) is 14.3. The first kappa shape index (κ1) is 19.9. The summed E-state index contributed by atoms with van der Waals surface area (Å²) in [6, 6.07) is 14.7. The molecular formula is C21H14Cl2N4O3. The Balaban J connectivity index is 1.67. The lowest BCUT2D eigenvalue weighted by atomic mass is 10.1. The van der Waals surface area contributed by atoms with Crippen molar-refractivity contribution in [3.8, 4) is 5.69 Å². The number of halogens is 2. The van der Waals surface area contributed by atoms with E-state index in [0.717, 1.165) is 11.4 Å². The number of hydrogen-bond donors (Lipinski definition) is 0. The number of hydrogen-bond acceptors (Lipinski definition) is 4. The fraction of sp³-hybridized carbons (Fsp3) is 0.0476. The summed E-state index contributed by atoms with van der Waals surface area (Å²) in [7, 11) is 0. The molecule has 0 radical (unpaired) electrons. The van der Waals surface area contributed by atoms with Crippen molar-refractivity contribution in [3.05, 3.63) is 92.2 Å². The van der Waals surface area contributed by atoms with E-state index in [9.17, 15) is 14.9 Å². The number of hydrazone groups is 1. The van der Waals surface area contributed by atoms with Crippen molar-refractivity contribution in [2.24, 2.45) is 5.10 Å². The smallest absolute Gasteiger partial charge is 0.280 e. The quantitative estimate of drug-likeness (QED) is 0.305. The molecule has 0 fully saturated rings. The number of rotatable bonds is 4. The lowest BCUT2D eigenvalue weighted by Gasteiger charge is -2.12. The largest absolute Gasteiger partial charge is 0.317 e. The summed E-state index contributed by atoms with van der Waals surface area (Å²) in [5.41, 5.74) is 2.99. The summed E-state index contributed by atoms with van der Waals surface area (Å²) in [6.07, 6.45) is 3.55. The number of carbonyl (C=O) groups excluding carboxylic acids is 1. The highest BCUT2D eigenvalue weighted by Crippen LogP contribution is 2.31. The van der Waals surface area contributed by atoms with Gasteiger partial charge < -0.3 is 4.57 Å². The maximum absolute atomic E-state index is 13.0.